The van der Waals surface area contributed by atoms with Gasteiger partial charge in [0.1, 0.15) is 11.5 Å². The summed E-state index contributed by atoms with van der Waals surface area (Å²) in [4.78, 5) is 23.0. The molecule has 1 aliphatic rings. The van der Waals surface area contributed by atoms with Crippen LogP contribution in [0.1, 0.15) is 35.0 Å². The van der Waals surface area contributed by atoms with E-state index in [4.69, 9.17) is 4.52 Å². The SMILES string of the molecule is O=C(c1cc(-c2cccc(F)c2)no1)N1CCCC(c2cnccn2)C1. The van der Waals surface area contributed by atoms with Crippen molar-refractivity contribution in [3.8, 4) is 11.3 Å². The maximum Gasteiger partial charge on any atom is 0.292 e. The van der Waals surface area contributed by atoms with E-state index in [0.717, 1.165) is 18.5 Å². The number of halogens is 1. The third-order valence-electron chi connectivity index (χ3n) is 4.55. The van der Waals surface area contributed by atoms with Gasteiger partial charge in [0, 0.05) is 49.2 Å². The summed E-state index contributed by atoms with van der Waals surface area (Å²) < 4.78 is 18.6. The van der Waals surface area contributed by atoms with Crippen molar-refractivity contribution in [1.82, 2.24) is 20.0 Å². The Labute approximate surface area is 149 Å². The van der Waals surface area contributed by atoms with Crippen molar-refractivity contribution in [2.75, 3.05) is 13.1 Å². The topological polar surface area (TPSA) is 72.1 Å². The molecule has 7 heteroatoms. The van der Waals surface area contributed by atoms with Gasteiger partial charge in [-0.2, -0.15) is 0 Å². The van der Waals surface area contributed by atoms with Crippen LogP contribution in [0.4, 0.5) is 4.39 Å². The second-order valence-corrected chi connectivity index (χ2v) is 6.31. The number of rotatable bonds is 3. The fraction of sp³-hybridized carbons (Fsp3) is 0.263. The second kappa shape index (κ2) is 7.03. The Kier molecular flexibility index (Phi) is 4.43. The molecular formula is C19H17FN4O2. The summed E-state index contributed by atoms with van der Waals surface area (Å²) in [5.74, 6) is -0.258. The molecule has 6 nitrogen and oxygen atoms in total. The molecule has 0 aliphatic carbocycles. The summed E-state index contributed by atoms with van der Waals surface area (Å²) in [6, 6.07) is 7.59. The first-order chi connectivity index (χ1) is 12.7. The zero-order valence-corrected chi connectivity index (χ0v) is 14.0. The summed E-state index contributed by atoms with van der Waals surface area (Å²) in [7, 11) is 0. The predicted octanol–water partition coefficient (Wildman–Crippen LogP) is 3.29. The normalized spacial score (nSPS) is 17.3. The zero-order chi connectivity index (χ0) is 17.9. The highest BCUT2D eigenvalue weighted by Crippen LogP contribution is 2.27. The maximum absolute atomic E-state index is 13.4. The molecule has 1 unspecified atom stereocenters. The van der Waals surface area contributed by atoms with Crippen molar-refractivity contribution < 1.29 is 13.7 Å². The summed E-state index contributed by atoms with van der Waals surface area (Å²) in [6.45, 7) is 1.22. The van der Waals surface area contributed by atoms with E-state index in [1.807, 2.05) is 0 Å². The van der Waals surface area contributed by atoms with E-state index in [0.29, 0.717) is 24.3 Å². The Bertz CT molecular complexity index is 913. The van der Waals surface area contributed by atoms with Crippen LogP contribution in [0.25, 0.3) is 11.3 Å². The van der Waals surface area contributed by atoms with Crippen LogP contribution in [0.15, 0.2) is 53.4 Å². The number of likely N-dealkylation sites (tertiary alicyclic amines) is 1. The molecule has 4 rings (SSSR count). The van der Waals surface area contributed by atoms with E-state index in [-0.39, 0.29) is 23.4 Å². The van der Waals surface area contributed by atoms with Crippen molar-refractivity contribution >= 4 is 5.91 Å². The smallest absolute Gasteiger partial charge is 0.292 e. The molecule has 1 aromatic carbocycles. The quantitative estimate of drug-likeness (QED) is 0.723. The lowest BCUT2D eigenvalue weighted by Gasteiger charge is -2.31. The average molecular weight is 352 g/mol. The van der Waals surface area contributed by atoms with Crippen molar-refractivity contribution in [2.45, 2.75) is 18.8 Å². The van der Waals surface area contributed by atoms with Gasteiger partial charge >= 0.3 is 0 Å². The van der Waals surface area contributed by atoms with Gasteiger partial charge in [0.05, 0.1) is 5.69 Å². The van der Waals surface area contributed by atoms with Gasteiger partial charge in [-0.25, -0.2) is 4.39 Å². The zero-order valence-electron chi connectivity index (χ0n) is 14.0. The molecule has 0 radical (unpaired) electrons. The Balaban J connectivity index is 1.51. The van der Waals surface area contributed by atoms with Crippen molar-refractivity contribution in [2.24, 2.45) is 0 Å². The van der Waals surface area contributed by atoms with Crippen LogP contribution < -0.4 is 0 Å². The molecule has 0 spiro atoms. The molecule has 0 bridgehead atoms. The number of nitrogens with zero attached hydrogens (tertiary/aromatic N) is 4. The lowest BCUT2D eigenvalue weighted by Crippen LogP contribution is -2.39. The minimum Gasteiger partial charge on any atom is -0.350 e. The largest absolute Gasteiger partial charge is 0.350 e. The van der Waals surface area contributed by atoms with Gasteiger partial charge in [-0.3, -0.25) is 14.8 Å². The first kappa shape index (κ1) is 16.4. The van der Waals surface area contributed by atoms with Crippen LogP contribution in [-0.4, -0.2) is 39.0 Å². The minimum atomic E-state index is -0.360. The van der Waals surface area contributed by atoms with Gasteiger partial charge in [-0.05, 0) is 25.0 Å². The lowest BCUT2D eigenvalue weighted by molar-refractivity contribution is 0.0664. The van der Waals surface area contributed by atoms with Crippen LogP contribution in [-0.2, 0) is 0 Å². The van der Waals surface area contributed by atoms with E-state index in [2.05, 4.69) is 15.1 Å². The fourth-order valence-electron chi connectivity index (χ4n) is 3.24. The third-order valence-corrected chi connectivity index (χ3v) is 4.55. The molecule has 0 N–H and O–H groups in total. The molecule has 132 valence electrons. The summed E-state index contributed by atoms with van der Waals surface area (Å²) >= 11 is 0. The summed E-state index contributed by atoms with van der Waals surface area (Å²) in [6.07, 6.45) is 6.90. The number of hydrogen-bond acceptors (Lipinski definition) is 5. The summed E-state index contributed by atoms with van der Waals surface area (Å²) in [5.41, 5.74) is 1.90. The van der Waals surface area contributed by atoms with Crippen molar-refractivity contribution in [1.29, 1.82) is 0 Å². The van der Waals surface area contributed by atoms with E-state index in [1.165, 1.54) is 12.1 Å². The number of hydrogen-bond donors (Lipinski definition) is 0. The maximum atomic E-state index is 13.4. The van der Waals surface area contributed by atoms with Gasteiger partial charge in [0.25, 0.3) is 5.91 Å². The molecule has 1 amide bonds. The number of amides is 1. The van der Waals surface area contributed by atoms with Crippen LogP contribution >= 0.6 is 0 Å². The highest BCUT2D eigenvalue weighted by atomic mass is 19.1. The predicted molar refractivity (Wildman–Crippen MR) is 91.8 cm³/mol. The van der Waals surface area contributed by atoms with E-state index in [1.54, 1.807) is 41.7 Å². The number of benzene rings is 1. The Hall–Kier alpha value is -3.09. The van der Waals surface area contributed by atoms with Gasteiger partial charge < -0.3 is 9.42 Å². The molecule has 3 aromatic rings. The monoisotopic (exact) mass is 352 g/mol. The van der Waals surface area contributed by atoms with Gasteiger partial charge in [-0.15, -0.1) is 0 Å². The molecule has 2 aromatic heterocycles. The van der Waals surface area contributed by atoms with Crippen LogP contribution in [0.2, 0.25) is 0 Å². The van der Waals surface area contributed by atoms with Gasteiger partial charge in [-0.1, -0.05) is 17.3 Å². The first-order valence-electron chi connectivity index (χ1n) is 8.48. The van der Waals surface area contributed by atoms with Gasteiger partial charge in [0.15, 0.2) is 0 Å². The minimum absolute atomic E-state index is 0.157. The molecule has 0 saturated carbocycles. The highest BCUT2D eigenvalue weighted by molar-refractivity contribution is 5.92. The lowest BCUT2D eigenvalue weighted by atomic mass is 9.95. The second-order valence-electron chi connectivity index (χ2n) is 6.31. The van der Waals surface area contributed by atoms with Crippen LogP contribution in [0.5, 0.6) is 0 Å². The van der Waals surface area contributed by atoms with E-state index >= 15 is 0 Å². The highest BCUT2D eigenvalue weighted by Gasteiger charge is 2.28. The Morgan fingerprint density at radius 2 is 2.19 bits per heavy atom. The molecule has 1 atom stereocenters. The average Bonchev–Trinajstić information content (AvgIpc) is 3.18. The molecule has 1 aliphatic heterocycles. The Morgan fingerprint density at radius 1 is 1.27 bits per heavy atom. The Morgan fingerprint density at radius 3 is 3.00 bits per heavy atom. The van der Waals surface area contributed by atoms with Gasteiger partial charge in [0.2, 0.25) is 5.76 Å². The molecule has 3 heterocycles. The number of aromatic nitrogens is 3. The van der Waals surface area contributed by atoms with Crippen LogP contribution in [0.3, 0.4) is 0 Å². The molecule has 1 saturated heterocycles. The third kappa shape index (κ3) is 3.33. The van der Waals surface area contributed by atoms with Crippen LogP contribution in [0, 0.1) is 5.82 Å². The molecule has 26 heavy (non-hydrogen) atoms. The number of carbonyl (C=O) groups excluding carboxylic acids is 1. The molecular weight excluding hydrogens is 335 g/mol. The summed E-state index contributed by atoms with van der Waals surface area (Å²) in [5, 5.41) is 3.91. The van der Waals surface area contributed by atoms with Crippen molar-refractivity contribution in [3.05, 3.63) is 66.2 Å². The number of piperidine rings is 1. The standard InChI is InChI=1S/C19H17FN4O2/c20-15-5-1-3-13(9-15)16-10-18(26-23-16)19(25)24-8-2-4-14(12-24)17-11-21-6-7-22-17/h1,3,5-7,9-11,14H,2,4,8,12H2. The van der Waals surface area contributed by atoms with E-state index < -0.39 is 0 Å². The fourth-order valence-corrected chi connectivity index (χ4v) is 3.24. The number of carbonyl (C=O) groups is 1. The van der Waals surface area contributed by atoms with E-state index in [9.17, 15) is 9.18 Å². The van der Waals surface area contributed by atoms with Crippen molar-refractivity contribution in [3.63, 3.8) is 0 Å². The molecule has 1 fully saturated rings. The first-order valence-corrected chi connectivity index (χ1v) is 8.48.